The third kappa shape index (κ3) is 4.97. The monoisotopic (exact) mass is 373 g/mol. The molecule has 1 aliphatic rings. The molecule has 140 valence electrons. The van der Waals surface area contributed by atoms with Crippen LogP contribution in [-0.4, -0.2) is 68.0 Å². The van der Waals surface area contributed by atoms with Gasteiger partial charge in [0.15, 0.2) is 0 Å². The average molecular weight is 373 g/mol. The van der Waals surface area contributed by atoms with E-state index in [1.54, 1.807) is 13.0 Å². The summed E-state index contributed by atoms with van der Waals surface area (Å²) in [7, 11) is -0.854. The number of carbonyl (C=O) groups is 1. The van der Waals surface area contributed by atoms with E-state index in [1.807, 2.05) is 0 Å². The molecule has 0 spiro atoms. The number of benzene rings is 1. The maximum atomic E-state index is 13.3. The Kier molecular flexibility index (Phi) is 6.15. The van der Waals surface area contributed by atoms with Gasteiger partial charge in [0.25, 0.3) is 10.2 Å². The molecule has 0 saturated carbocycles. The van der Waals surface area contributed by atoms with Gasteiger partial charge in [-0.1, -0.05) is 6.07 Å². The number of hydrogen-bond acceptors (Lipinski definition) is 4. The third-order valence-electron chi connectivity index (χ3n) is 4.37. The number of aliphatic hydroxyl groups excluding tert-OH is 1. The Bertz CT molecular complexity index is 739. The molecule has 1 saturated heterocycles. The van der Waals surface area contributed by atoms with Gasteiger partial charge in [-0.2, -0.15) is 17.4 Å². The molecular weight excluding hydrogens is 349 g/mol. The number of hydrogen-bond donors (Lipinski definition) is 2. The summed E-state index contributed by atoms with van der Waals surface area (Å²) in [5.41, 5.74) is 1.43. The van der Waals surface area contributed by atoms with E-state index in [0.29, 0.717) is 18.5 Å². The van der Waals surface area contributed by atoms with Crippen LogP contribution in [0, 0.1) is 12.7 Å². The topological polar surface area (TPSA) is 90.0 Å². The van der Waals surface area contributed by atoms with Gasteiger partial charge in [0.1, 0.15) is 5.82 Å². The van der Waals surface area contributed by atoms with Crippen LogP contribution < -0.4 is 4.72 Å². The van der Waals surface area contributed by atoms with E-state index in [4.69, 9.17) is 0 Å². The number of aliphatic hydroxyl groups is 1. The molecule has 7 nitrogen and oxygen atoms in total. The molecule has 2 N–H and O–H groups in total. The first-order chi connectivity index (χ1) is 11.6. The Balaban J connectivity index is 1.98. The van der Waals surface area contributed by atoms with Gasteiger partial charge in [-0.05, 0) is 36.6 Å². The zero-order valence-electron chi connectivity index (χ0n) is 14.6. The van der Waals surface area contributed by atoms with Crippen molar-refractivity contribution in [3.05, 3.63) is 35.1 Å². The number of nitrogens with one attached hydrogen (secondary N) is 1. The standard InChI is InChI=1S/C16H24FN3O4S/c1-11-4-5-13(17)8-12(11)9-16(22)20-7-6-14(15(21)10-20)18-25(23,24)19(2)3/h4-5,8,14-15,18,21H,6-7,9-10H2,1-3H3/t14-,15-/m1/s1. The fraction of sp³-hybridized carbons (Fsp3) is 0.562. The molecule has 1 aliphatic heterocycles. The fourth-order valence-corrected chi connectivity index (χ4v) is 3.57. The maximum Gasteiger partial charge on any atom is 0.279 e. The second-order valence-electron chi connectivity index (χ2n) is 6.46. The molecule has 9 heteroatoms. The Morgan fingerprint density at radius 2 is 2.12 bits per heavy atom. The molecule has 1 heterocycles. The zero-order chi connectivity index (χ0) is 18.8. The smallest absolute Gasteiger partial charge is 0.279 e. The summed E-state index contributed by atoms with van der Waals surface area (Å²) in [6.07, 6.45) is -0.645. The number of β-amino-alcohol motifs (C(OH)–C–C–N with tert-alkyl or cyclic N) is 1. The van der Waals surface area contributed by atoms with Crippen LogP contribution >= 0.6 is 0 Å². The molecule has 1 aromatic rings. The van der Waals surface area contributed by atoms with Crippen molar-refractivity contribution in [2.24, 2.45) is 0 Å². The molecular formula is C16H24FN3O4S. The number of halogens is 1. The Labute approximate surface area is 147 Å². The van der Waals surface area contributed by atoms with Gasteiger partial charge < -0.3 is 10.0 Å². The van der Waals surface area contributed by atoms with E-state index < -0.39 is 28.2 Å². The highest BCUT2D eigenvalue weighted by molar-refractivity contribution is 7.87. The van der Waals surface area contributed by atoms with Crippen molar-refractivity contribution in [3.8, 4) is 0 Å². The van der Waals surface area contributed by atoms with Gasteiger partial charge >= 0.3 is 0 Å². The quantitative estimate of drug-likeness (QED) is 0.762. The molecule has 25 heavy (non-hydrogen) atoms. The number of piperidine rings is 1. The highest BCUT2D eigenvalue weighted by atomic mass is 32.2. The van der Waals surface area contributed by atoms with Crippen molar-refractivity contribution in [2.75, 3.05) is 27.2 Å². The molecule has 1 amide bonds. The van der Waals surface area contributed by atoms with Crippen molar-refractivity contribution in [3.63, 3.8) is 0 Å². The number of rotatable bonds is 5. The third-order valence-corrected chi connectivity index (χ3v) is 5.93. The highest BCUT2D eigenvalue weighted by Crippen LogP contribution is 2.16. The summed E-state index contributed by atoms with van der Waals surface area (Å²) in [5, 5.41) is 10.2. The van der Waals surface area contributed by atoms with Crippen molar-refractivity contribution >= 4 is 16.1 Å². The lowest BCUT2D eigenvalue weighted by molar-refractivity contribution is -0.134. The molecule has 1 fully saturated rings. The summed E-state index contributed by atoms with van der Waals surface area (Å²) in [6.45, 7) is 2.16. The zero-order valence-corrected chi connectivity index (χ0v) is 15.4. The van der Waals surface area contributed by atoms with Crippen LogP contribution in [0.15, 0.2) is 18.2 Å². The molecule has 0 aromatic heterocycles. The molecule has 2 rings (SSSR count). The lowest BCUT2D eigenvalue weighted by atomic mass is 10.0. The minimum absolute atomic E-state index is 0.0355. The van der Waals surface area contributed by atoms with Crippen LogP contribution in [0.4, 0.5) is 4.39 Å². The predicted molar refractivity (Wildman–Crippen MR) is 91.6 cm³/mol. The second-order valence-corrected chi connectivity index (χ2v) is 8.37. The lowest BCUT2D eigenvalue weighted by Gasteiger charge is -2.36. The SMILES string of the molecule is Cc1ccc(F)cc1CC(=O)N1CC[C@@H](NS(=O)(=O)N(C)C)[C@H](O)C1. The Morgan fingerprint density at radius 3 is 2.72 bits per heavy atom. The minimum atomic E-state index is -3.65. The summed E-state index contributed by atoms with van der Waals surface area (Å²) < 4.78 is 40.5. The first kappa shape index (κ1) is 19.8. The minimum Gasteiger partial charge on any atom is -0.390 e. The summed E-state index contributed by atoms with van der Waals surface area (Å²) in [6, 6.07) is 3.65. The van der Waals surface area contributed by atoms with Gasteiger partial charge in [-0.15, -0.1) is 0 Å². The number of aryl methyl sites for hydroxylation is 1. The van der Waals surface area contributed by atoms with Crippen molar-refractivity contribution < 1.29 is 22.7 Å². The van der Waals surface area contributed by atoms with Crippen molar-refractivity contribution in [2.45, 2.75) is 31.9 Å². The van der Waals surface area contributed by atoms with Crippen LogP contribution in [0.2, 0.25) is 0 Å². The van der Waals surface area contributed by atoms with Gasteiger partial charge in [0.05, 0.1) is 18.6 Å². The van der Waals surface area contributed by atoms with Crippen molar-refractivity contribution in [1.82, 2.24) is 13.9 Å². The number of likely N-dealkylation sites (tertiary alicyclic amines) is 1. The molecule has 0 bridgehead atoms. The maximum absolute atomic E-state index is 13.3. The van der Waals surface area contributed by atoms with Gasteiger partial charge in [0.2, 0.25) is 5.91 Å². The van der Waals surface area contributed by atoms with E-state index in [2.05, 4.69) is 4.72 Å². The van der Waals surface area contributed by atoms with E-state index in [-0.39, 0.29) is 18.9 Å². The van der Waals surface area contributed by atoms with Crippen molar-refractivity contribution in [1.29, 1.82) is 0 Å². The second kappa shape index (κ2) is 7.77. The molecule has 0 radical (unpaired) electrons. The van der Waals surface area contributed by atoms with Crippen LogP contribution in [-0.2, 0) is 21.4 Å². The summed E-state index contributed by atoms with van der Waals surface area (Å²) in [5.74, 6) is -0.619. The van der Waals surface area contributed by atoms with Crippen LogP contribution in [0.5, 0.6) is 0 Å². The largest absolute Gasteiger partial charge is 0.390 e. The van der Waals surface area contributed by atoms with E-state index in [9.17, 15) is 22.7 Å². The number of amides is 1. The Hall–Kier alpha value is -1.55. The normalized spacial score (nSPS) is 21.6. The summed E-state index contributed by atoms with van der Waals surface area (Å²) in [4.78, 5) is 13.9. The molecule has 1 aromatic carbocycles. The molecule has 0 unspecified atom stereocenters. The van der Waals surface area contributed by atoms with E-state index in [0.717, 1.165) is 9.87 Å². The van der Waals surface area contributed by atoms with Crippen LogP contribution in [0.1, 0.15) is 17.5 Å². The number of nitrogens with zero attached hydrogens (tertiary/aromatic N) is 2. The fourth-order valence-electron chi connectivity index (χ4n) is 2.70. The van der Waals surface area contributed by atoms with Gasteiger partial charge in [-0.3, -0.25) is 4.79 Å². The van der Waals surface area contributed by atoms with E-state index in [1.165, 1.54) is 31.1 Å². The first-order valence-electron chi connectivity index (χ1n) is 8.01. The molecule has 0 aliphatic carbocycles. The predicted octanol–water partition coefficient (Wildman–Crippen LogP) is 0.0344. The number of carbonyl (C=O) groups excluding carboxylic acids is 1. The summed E-state index contributed by atoms with van der Waals surface area (Å²) >= 11 is 0. The average Bonchev–Trinajstić information content (AvgIpc) is 2.52. The van der Waals surface area contributed by atoms with Crippen LogP contribution in [0.25, 0.3) is 0 Å². The molecule has 2 atom stereocenters. The highest BCUT2D eigenvalue weighted by Gasteiger charge is 2.33. The lowest BCUT2D eigenvalue weighted by Crippen LogP contribution is -2.56. The first-order valence-corrected chi connectivity index (χ1v) is 9.45. The van der Waals surface area contributed by atoms with Gasteiger partial charge in [-0.25, -0.2) is 4.39 Å². The van der Waals surface area contributed by atoms with Gasteiger partial charge in [0, 0.05) is 27.2 Å². The van der Waals surface area contributed by atoms with Crippen LogP contribution in [0.3, 0.4) is 0 Å². The van der Waals surface area contributed by atoms with E-state index >= 15 is 0 Å². The Morgan fingerprint density at radius 1 is 1.44 bits per heavy atom.